The van der Waals surface area contributed by atoms with Gasteiger partial charge in [0.1, 0.15) is 0 Å². The second-order valence-electron chi connectivity index (χ2n) is 7.86. The lowest BCUT2D eigenvalue weighted by Gasteiger charge is -2.23. The molecule has 2 unspecified atom stereocenters. The molecule has 2 aromatic rings. The molecule has 4 rings (SSSR count). The highest BCUT2D eigenvalue weighted by Crippen LogP contribution is 2.36. The van der Waals surface area contributed by atoms with Crippen LogP contribution in [0.25, 0.3) is 0 Å². The number of nitrogens with zero attached hydrogens (tertiary/aromatic N) is 2. The molecule has 2 atom stereocenters. The number of anilines is 1. The zero-order chi connectivity index (χ0) is 20.5. The number of amides is 2. The molecule has 1 saturated carbocycles. The Hall–Kier alpha value is -3.15. The minimum atomic E-state index is -0.900. The van der Waals surface area contributed by atoms with Gasteiger partial charge in [0.25, 0.3) is 5.91 Å². The molecule has 0 radical (unpaired) electrons. The lowest BCUT2D eigenvalue weighted by molar-refractivity contribution is -0.141. The van der Waals surface area contributed by atoms with Crippen molar-refractivity contribution in [2.75, 3.05) is 25.0 Å². The number of carbonyl (C=O) groups excluding carboxylic acids is 2. The van der Waals surface area contributed by atoms with Gasteiger partial charge < -0.3 is 14.9 Å². The van der Waals surface area contributed by atoms with E-state index in [1.807, 2.05) is 30.3 Å². The fourth-order valence-electron chi connectivity index (χ4n) is 4.10. The van der Waals surface area contributed by atoms with Crippen molar-refractivity contribution in [2.45, 2.75) is 18.8 Å². The Kier molecular flexibility index (Phi) is 5.09. The van der Waals surface area contributed by atoms with Crippen molar-refractivity contribution in [2.24, 2.45) is 11.8 Å². The normalized spacial score (nSPS) is 21.1. The molecule has 0 spiro atoms. The summed E-state index contributed by atoms with van der Waals surface area (Å²) in [5.74, 6) is -1.97. The third-order valence-corrected chi connectivity index (χ3v) is 5.90. The van der Waals surface area contributed by atoms with Gasteiger partial charge in [0.05, 0.1) is 17.2 Å². The molecule has 1 aliphatic carbocycles. The fraction of sp³-hybridized carbons (Fsp3) is 0.348. The van der Waals surface area contributed by atoms with Crippen LogP contribution in [-0.2, 0) is 9.59 Å². The molecule has 1 heterocycles. The van der Waals surface area contributed by atoms with Crippen molar-refractivity contribution >= 4 is 23.5 Å². The Morgan fingerprint density at radius 2 is 1.62 bits per heavy atom. The van der Waals surface area contributed by atoms with Gasteiger partial charge in [-0.3, -0.25) is 14.4 Å². The summed E-state index contributed by atoms with van der Waals surface area (Å²) in [6.07, 6.45) is 1.79. The number of carbonyl (C=O) groups is 3. The molecule has 1 N–H and O–H groups in total. The quantitative estimate of drug-likeness (QED) is 0.849. The Labute approximate surface area is 169 Å². The number of para-hydroxylation sites is 1. The van der Waals surface area contributed by atoms with E-state index in [-0.39, 0.29) is 30.2 Å². The van der Waals surface area contributed by atoms with E-state index in [0.29, 0.717) is 17.8 Å². The standard InChI is InChI=1S/C23H24N2O4/c1-24(21(26)16-11-12-16)20-10-6-5-9-17(20)22(27)25-13-18(19(14-25)23(28)29)15-7-3-2-4-8-15/h2-10,16,18-19H,11-14H2,1H3,(H,28,29). The first-order valence-corrected chi connectivity index (χ1v) is 9.91. The number of hydrogen-bond acceptors (Lipinski definition) is 3. The van der Waals surface area contributed by atoms with E-state index >= 15 is 0 Å². The van der Waals surface area contributed by atoms with Crippen LogP contribution in [0, 0.1) is 11.8 Å². The number of carboxylic acid groups (broad SMARTS) is 1. The number of rotatable bonds is 5. The highest BCUT2D eigenvalue weighted by Gasteiger charge is 2.41. The molecule has 6 nitrogen and oxygen atoms in total. The summed E-state index contributed by atoms with van der Waals surface area (Å²) >= 11 is 0. The first-order chi connectivity index (χ1) is 14.0. The molecule has 2 fully saturated rings. The highest BCUT2D eigenvalue weighted by atomic mass is 16.4. The molecule has 1 saturated heterocycles. The molecule has 6 heteroatoms. The third kappa shape index (κ3) is 3.75. The maximum atomic E-state index is 13.3. The largest absolute Gasteiger partial charge is 0.481 e. The number of benzene rings is 2. The van der Waals surface area contributed by atoms with E-state index < -0.39 is 11.9 Å². The van der Waals surface area contributed by atoms with Gasteiger partial charge in [-0.05, 0) is 30.5 Å². The molecule has 1 aliphatic heterocycles. The van der Waals surface area contributed by atoms with Crippen molar-refractivity contribution in [3.63, 3.8) is 0 Å². The van der Waals surface area contributed by atoms with Crippen molar-refractivity contribution < 1.29 is 19.5 Å². The van der Waals surface area contributed by atoms with Crippen LogP contribution in [0.5, 0.6) is 0 Å². The molecule has 2 amide bonds. The van der Waals surface area contributed by atoms with Gasteiger partial charge in [-0.1, -0.05) is 42.5 Å². The number of hydrogen-bond donors (Lipinski definition) is 1. The molecular weight excluding hydrogens is 368 g/mol. The Bertz CT molecular complexity index is 939. The summed E-state index contributed by atoms with van der Waals surface area (Å²) in [5, 5.41) is 9.71. The van der Waals surface area contributed by atoms with E-state index in [9.17, 15) is 19.5 Å². The van der Waals surface area contributed by atoms with Crippen LogP contribution in [0.3, 0.4) is 0 Å². The lowest BCUT2D eigenvalue weighted by Crippen LogP contribution is -2.33. The third-order valence-electron chi connectivity index (χ3n) is 5.90. The van der Waals surface area contributed by atoms with Gasteiger partial charge in [-0.25, -0.2) is 0 Å². The average Bonchev–Trinajstić information content (AvgIpc) is 3.50. The predicted molar refractivity (Wildman–Crippen MR) is 109 cm³/mol. The molecule has 29 heavy (non-hydrogen) atoms. The van der Waals surface area contributed by atoms with E-state index in [4.69, 9.17) is 0 Å². The second kappa shape index (κ2) is 7.70. The van der Waals surface area contributed by atoms with Crippen LogP contribution in [0.4, 0.5) is 5.69 Å². The van der Waals surface area contributed by atoms with Crippen LogP contribution >= 0.6 is 0 Å². The number of aliphatic carboxylic acids is 1. The van der Waals surface area contributed by atoms with Crippen molar-refractivity contribution in [1.82, 2.24) is 4.90 Å². The van der Waals surface area contributed by atoms with Gasteiger partial charge in [0.15, 0.2) is 0 Å². The Balaban J connectivity index is 1.60. The lowest BCUT2D eigenvalue weighted by atomic mass is 9.89. The molecule has 2 aliphatic rings. The zero-order valence-electron chi connectivity index (χ0n) is 16.3. The highest BCUT2D eigenvalue weighted by molar-refractivity contribution is 6.05. The summed E-state index contributed by atoms with van der Waals surface area (Å²) in [6.45, 7) is 0.497. The maximum Gasteiger partial charge on any atom is 0.308 e. The first-order valence-electron chi connectivity index (χ1n) is 9.91. The summed E-state index contributed by atoms with van der Waals surface area (Å²) in [6, 6.07) is 16.5. The molecular formula is C23H24N2O4. The van der Waals surface area contributed by atoms with Gasteiger partial charge in [0, 0.05) is 32.0 Å². The van der Waals surface area contributed by atoms with Crippen LogP contribution in [-0.4, -0.2) is 47.9 Å². The Morgan fingerprint density at radius 1 is 0.966 bits per heavy atom. The van der Waals surface area contributed by atoms with E-state index in [2.05, 4.69) is 0 Å². The summed E-state index contributed by atoms with van der Waals surface area (Å²) in [4.78, 5) is 40.8. The maximum absolute atomic E-state index is 13.3. The summed E-state index contributed by atoms with van der Waals surface area (Å²) in [7, 11) is 1.70. The van der Waals surface area contributed by atoms with Gasteiger partial charge in [0.2, 0.25) is 5.91 Å². The molecule has 0 bridgehead atoms. The van der Waals surface area contributed by atoms with E-state index in [1.165, 1.54) is 0 Å². The van der Waals surface area contributed by atoms with Gasteiger partial charge in [-0.2, -0.15) is 0 Å². The summed E-state index contributed by atoms with van der Waals surface area (Å²) < 4.78 is 0. The molecule has 150 valence electrons. The van der Waals surface area contributed by atoms with E-state index in [1.54, 1.807) is 41.1 Å². The van der Waals surface area contributed by atoms with Crippen LogP contribution < -0.4 is 4.90 Å². The number of carboxylic acids is 1. The van der Waals surface area contributed by atoms with Crippen LogP contribution in [0.15, 0.2) is 54.6 Å². The van der Waals surface area contributed by atoms with Crippen LogP contribution in [0.1, 0.15) is 34.7 Å². The fourth-order valence-corrected chi connectivity index (χ4v) is 4.10. The van der Waals surface area contributed by atoms with Gasteiger partial charge in [-0.15, -0.1) is 0 Å². The Morgan fingerprint density at radius 3 is 2.28 bits per heavy atom. The average molecular weight is 392 g/mol. The minimum absolute atomic E-state index is 0.0252. The van der Waals surface area contributed by atoms with Crippen LogP contribution in [0.2, 0.25) is 0 Å². The van der Waals surface area contributed by atoms with Crippen molar-refractivity contribution in [1.29, 1.82) is 0 Å². The minimum Gasteiger partial charge on any atom is -0.481 e. The number of likely N-dealkylation sites (tertiary alicyclic amines) is 1. The summed E-state index contributed by atoms with van der Waals surface area (Å²) in [5.41, 5.74) is 1.93. The predicted octanol–water partition coefficient (Wildman–Crippen LogP) is 3.00. The molecule has 2 aromatic carbocycles. The topological polar surface area (TPSA) is 77.9 Å². The smallest absolute Gasteiger partial charge is 0.308 e. The zero-order valence-corrected chi connectivity index (χ0v) is 16.3. The van der Waals surface area contributed by atoms with Gasteiger partial charge >= 0.3 is 5.97 Å². The van der Waals surface area contributed by atoms with Crippen molar-refractivity contribution in [3.05, 3.63) is 65.7 Å². The van der Waals surface area contributed by atoms with Crippen molar-refractivity contribution in [3.8, 4) is 0 Å². The first kappa shape index (κ1) is 19.2. The monoisotopic (exact) mass is 392 g/mol. The second-order valence-corrected chi connectivity index (χ2v) is 7.86. The molecule has 0 aromatic heterocycles. The van der Waals surface area contributed by atoms with E-state index in [0.717, 1.165) is 18.4 Å². The SMILES string of the molecule is CN(C(=O)C1CC1)c1ccccc1C(=O)N1CC(C(=O)O)C(c2ccccc2)C1.